The van der Waals surface area contributed by atoms with Gasteiger partial charge in [-0.25, -0.2) is 18.4 Å². The third-order valence-corrected chi connectivity index (χ3v) is 4.70. The van der Waals surface area contributed by atoms with Crippen molar-refractivity contribution in [3.63, 3.8) is 0 Å². The van der Waals surface area contributed by atoms with Crippen LogP contribution in [0, 0.1) is 0 Å². The number of nitrogens with zero attached hydrogens (tertiary/aromatic N) is 1. The van der Waals surface area contributed by atoms with E-state index < -0.39 is 27.5 Å². The van der Waals surface area contributed by atoms with Crippen molar-refractivity contribution in [2.24, 2.45) is 5.14 Å². The maximum absolute atomic E-state index is 12.0. The molecule has 0 aliphatic carbocycles. The number of benzene rings is 1. The van der Waals surface area contributed by atoms with Gasteiger partial charge in [-0.1, -0.05) is 30.3 Å². The average molecular weight is 314 g/mol. The zero-order chi connectivity index (χ0) is 15.5. The van der Waals surface area contributed by atoms with Crippen molar-refractivity contribution in [1.82, 2.24) is 4.90 Å². The minimum atomic E-state index is -3.77. The summed E-state index contributed by atoms with van der Waals surface area (Å²) >= 11 is 0. The van der Waals surface area contributed by atoms with Gasteiger partial charge in [-0.15, -0.1) is 0 Å². The molecular formula is C13H18N2O5S. The number of ether oxygens (including phenoxy) is 2. The van der Waals surface area contributed by atoms with E-state index in [0.717, 1.165) is 5.56 Å². The van der Waals surface area contributed by atoms with Gasteiger partial charge in [-0.2, -0.15) is 0 Å². The Labute approximate surface area is 123 Å². The minimum Gasteiger partial charge on any atom is -0.445 e. The molecule has 1 fully saturated rings. The SMILES string of the molecule is CO[C@@H]1CN(C(=O)OCc2ccccc2)C[C@@H]1S(N)(=O)=O. The first-order valence-corrected chi connectivity index (χ1v) is 8.03. The number of carbonyl (C=O) groups is 1. The van der Waals surface area contributed by atoms with Crippen molar-refractivity contribution < 1.29 is 22.7 Å². The summed E-state index contributed by atoms with van der Waals surface area (Å²) in [6.07, 6.45) is -1.21. The molecule has 1 aliphatic heterocycles. The molecule has 0 unspecified atom stereocenters. The van der Waals surface area contributed by atoms with Crippen LogP contribution in [0.15, 0.2) is 30.3 Å². The van der Waals surface area contributed by atoms with Gasteiger partial charge in [0.2, 0.25) is 10.0 Å². The van der Waals surface area contributed by atoms with E-state index in [9.17, 15) is 13.2 Å². The van der Waals surface area contributed by atoms with Crippen molar-refractivity contribution in [3.05, 3.63) is 35.9 Å². The lowest BCUT2D eigenvalue weighted by Crippen LogP contribution is -2.38. The second-order valence-electron chi connectivity index (χ2n) is 4.85. The Kier molecular flexibility index (Phi) is 4.81. The number of amides is 1. The Balaban J connectivity index is 1.95. The number of rotatable bonds is 4. The van der Waals surface area contributed by atoms with E-state index in [2.05, 4.69) is 0 Å². The van der Waals surface area contributed by atoms with Crippen LogP contribution in [0.1, 0.15) is 5.56 Å². The summed E-state index contributed by atoms with van der Waals surface area (Å²) < 4.78 is 33.2. The van der Waals surface area contributed by atoms with E-state index in [1.807, 2.05) is 30.3 Å². The van der Waals surface area contributed by atoms with Gasteiger partial charge in [0, 0.05) is 13.7 Å². The van der Waals surface area contributed by atoms with Crippen molar-refractivity contribution in [2.75, 3.05) is 20.2 Å². The molecule has 1 aromatic carbocycles. The molecule has 2 rings (SSSR count). The molecule has 116 valence electrons. The fourth-order valence-corrected chi connectivity index (χ4v) is 3.25. The van der Waals surface area contributed by atoms with Gasteiger partial charge in [0.15, 0.2) is 0 Å². The van der Waals surface area contributed by atoms with Gasteiger partial charge in [0.05, 0.1) is 12.6 Å². The summed E-state index contributed by atoms with van der Waals surface area (Å²) in [6, 6.07) is 9.23. The summed E-state index contributed by atoms with van der Waals surface area (Å²) in [5, 5.41) is 4.22. The highest BCUT2D eigenvalue weighted by molar-refractivity contribution is 7.89. The predicted molar refractivity (Wildman–Crippen MR) is 75.9 cm³/mol. The van der Waals surface area contributed by atoms with E-state index in [1.165, 1.54) is 12.0 Å². The number of sulfonamides is 1. The van der Waals surface area contributed by atoms with Gasteiger partial charge in [0.1, 0.15) is 11.9 Å². The van der Waals surface area contributed by atoms with E-state index in [-0.39, 0.29) is 19.7 Å². The van der Waals surface area contributed by atoms with E-state index in [0.29, 0.717) is 0 Å². The quantitative estimate of drug-likeness (QED) is 0.862. The number of carbonyl (C=O) groups excluding carboxylic acids is 1. The summed E-state index contributed by atoms with van der Waals surface area (Å²) in [5.41, 5.74) is 0.858. The maximum Gasteiger partial charge on any atom is 0.410 e. The number of hydrogen-bond donors (Lipinski definition) is 1. The fraction of sp³-hybridized carbons (Fsp3) is 0.462. The molecule has 2 atom stereocenters. The average Bonchev–Trinajstić information content (AvgIpc) is 2.90. The molecule has 1 amide bonds. The van der Waals surface area contributed by atoms with Crippen LogP contribution in [0.4, 0.5) is 4.79 Å². The van der Waals surface area contributed by atoms with E-state index in [1.54, 1.807) is 0 Å². The molecule has 0 saturated carbocycles. The van der Waals surface area contributed by atoms with Gasteiger partial charge in [-0.3, -0.25) is 0 Å². The van der Waals surface area contributed by atoms with Crippen LogP contribution in [-0.2, 0) is 26.1 Å². The topological polar surface area (TPSA) is 98.9 Å². The molecule has 1 heterocycles. The van der Waals surface area contributed by atoms with E-state index in [4.69, 9.17) is 14.6 Å². The molecule has 2 N–H and O–H groups in total. The van der Waals surface area contributed by atoms with Crippen molar-refractivity contribution in [2.45, 2.75) is 18.0 Å². The minimum absolute atomic E-state index is 0.0229. The number of methoxy groups -OCH3 is 1. The molecular weight excluding hydrogens is 296 g/mol. The molecule has 8 heteroatoms. The zero-order valence-corrected chi connectivity index (χ0v) is 12.5. The van der Waals surface area contributed by atoms with Crippen molar-refractivity contribution >= 4 is 16.1 Å². The lowest BCUT2D eigenvalue weighted by atomic mass is 10.2. The smallest absolute Gasteiger partial charge is 0.410 e. The molecule has 21 heavy (non-hydrogen) atoms. The van der Waals surface area contributed by atoms with Gasteiger partial charge >= 0.3 is 6.09 Å². The Bertz CT molecular complexity index is 590. The number of primary sulfonamides is 1. The third-order valence-electron chi connectivity index (χ3n) is 3.40. The van der Waals surface area contributed by atoms with Gasteiger partial charge in [0.25, 0.3) is 0 Å². The van der Waals surface area contributed by atoms with Crippen LogP contribution in [0.25, 0.3) is 0 Å². The lowest BCUT2D eigenvalue weighted by Gasteiger charge is -2.15. The van der Waals surface area contributed by atoms with Crippen LogP contribution in [0.2, 0.25) is 0 Å². The Morgan fingerprint density at radius 1 is 1.33 bits per heavy atom. The molecule has 0 radical (unpaired) electrons. The molecule has 0 aromatic heterocycles. The largest absolute Gasteiger partial charge is 0.445 e. The summed E-state index contributed by atoms with van der Waals surface area (Å²) in [5.74, 6) is 0. The molecule has 1 saturated heterocycles. The van der Waals surface area contributed by atoms with Crippen molar-refractivity contribution in [1.29, 1.82) is 0 Å². The first-order valence-electron chi connectivity index (χ1n) is 6.42. The van der Waals surface area contributed by atoms with Crippen LogP contribution in [0.3, 0.4) is 0 Å². The van der Waals surface area contributed by atoms with Crippen LogP contribution >= 0.6 is 0 Å². The number of likely N-dealkylation sites (tertiary alicyclic amines) is 1. The van der Waals surface area contributed by atoms with Crippen LogP contribution in [-0.4, -0.2) is 51.0 Å². The summed E-state index contributed by atoms with van der Waals surface area (Å²) in [6.45, 7) is 0.254. The second-order valence-corrected chi connectivity index (χ2v) is 6.63. The Morgan fingerprint density at radius 3 is 2.52 bits per heavy atom. The lowest BCUT2D eigenvalue weighted by molar-refractivity contribution is 0.0851. The zero-order valence-electron chi connectivity index (χ0n) is 11.6. The third kappa shape index (κ3) is 3.93. The molecule has 7 nitrogen and oxygen atoms in total. The monoisotopic (exact) mass is 314 g/mol. The highest BCUT2D eigenvalue weighted by Gasteiger charge is 2.42. The van der Waals surface area contributed by atoms with E-state index >= 15 is 0 Å². The molecule has 1 aliphatic rings. The van der Waals surface area contributed by atoms with Crippen LogP contribution < -0.4 is 5.14 Å². The number of hydrogen-bond acceptors (Lipinski definition) is 5. The van der Waals surface area contributed by atoms with Gasteiger partial charge < -0.3 is 14.4 Å². The van der Waals surface area contributed by atoms with Gasteiger partial charge in [-0.05, 0) is 5.56 Å². The predicted octanol–water partition coefficient (Wildman–Crippen LogP) is 0.311. The second kappa shape index (κ2) is 6.42. The Hall–Kier alpha value is -1.64. The highest BCUT2D eigenvalue weighted by Crippen LogP contribution is 2.19. The highest BCUT2D eigenvalue weighted by atomic mass is 32.2. The Morgan fingerprint density at radius 2 is 2.00 bits per heavy atom. The number of nitrogens with two attached hydrogens (primary N) is 1. The molecule has 1 aromatic rings. The van der Waals surface area contributed by atoms with Crippen LogP contribution in [0.5, 0.6) is 0 Å². The normalized spacial score (nSPS) is 22.3. The fourth-order valence-electron chi connectivity index (χ4n) is 2.25. The first kappa shape index (κ1) is 15.7. The standard InChI is InChI=1S/C13H18N2O5S/c1-19-11-7-15(8-12(11)21(14,17)18)13(16)20-9-10-5-3-2-4-6-10/h2-6,11-12H,7-9H2,1H3,(H2,14,17,18)/t11-,12+/m1/s1. The summed E-state index contributed by atoms with van der Waals surface area (Å²) in [7, 11) is -2.38. The molecule has 0 bridgehead atoms. The maximum atomic E-state index is 12.0. The van der Waals surface area contributed by atoms with Crippen molar-refractivity contribution in [3.8, 4) is 0 Å². The summed E-state index contributed by atoms with van der Waals surface area (Å²) in [4.78, 5) is 13.3. The molecule has 0 spiro atoms. The first-order chi connectivity index (χ1) is 9.91.